The number of hydrogen-bond donors (Lipinski definition) is 1. The van der Waals surface area contributed by atoms with Gasteiger partial charge in [0.25, 0.3) is 0 Å². The number of rotatable bonds is 7. The first-order chi connectivity index (χ1) is 9.33. The summed E-state index contributed by atoms with van der Waals surface area (Å²) in [6.45, 7) is 2.33. The second-order valence-corrected chi connectivity index (χ2v) is 4.67. The third kappa shape index (κ3) is 5.86. The van der Waals surface area contributed by atoms with Crippen molar-refractivity contribution in [2.75, 3.05) is 6.54 Å². The summed E-state index contributed by atoms with van der Waals surface area (Å²) in [4.78, 5) is 0. The molecule has 0 bridgehead atoms. The standard InChI is InChI=1S/C14H18F5N/c1-2-20-10(5-4-8-14(17,18)19)9-11-12(15)6-3-7-13(11)16/h3,6-7,10,20H,2,4-5,8-9H2,1H3. The molecule has 0 aromatic heterocycles. The summed E-state index contributed by atoms with van der Waals surface area (Å²) in [5.74, 6) is -1.33. The molecular weight excluding hydrogens is 277 g/mol. The Morgan fingerprint density at radius 3 is 2.25 bits per heavy atom. The lowest BCUT2D eigenvalue weighted by molar-refractivity contribution is -0.135. The summed E-state index contributed by atoms with van der Waals surface area (Å²) in [5, 5.41) is 2.97. The van der Waals surface area contributed by atoms with Crippen LogP contribution < -0.4 is 5.32 Å². The van der Waals surface area contributed by atoms with E-state index in [9.17, 15) is 22.0 Å². The average Bonchev–Trinajstić information content (AvgIpc) is 2.32. The van der Waals surface area contributed by atoms with Gasteiger partial charge in [-0.05, 0) is 37.9 Å². The van der Waals surface area contributed by atoms with E-state index in [2.05, 4.69) is 5.32 Å². The number of hydrogen-bond acceptors (Lipinski definition) is 1. The number of alkyl halides is 3. The fourth-order valence-corrected chi connectivity index (χ4v) is 2.09. The molecular formula is C14H18F5N. The Hall–Kier alpha value is -1.17. The molecule has 1 unspecified atom stereocenters. The molecule has 0 heterocycles. The summed E-state index contributed by atoms with van der Waals surface area (Å²) in [6, 6.07) is 3.20. The molecule has 1 aromatic carbocycles. The highest BCUT2D eigenvalue weighted by Gasteiger charge is 2.27. The predicted molar refractivity (Wildman–Crippen MR) is 67.4 cm³/mol. The van der Waals surface area contributed by atoms with Gasteiger partial charge in [0.05, 0.1) is 0 Å². The molecule has 0 fully saturated rings. The Kier molecular flexibility index (Phi) is 6.39. The van der Waals surface area contributed by atoms with E-state index in [1.165, 1.54) is 6.07 Å². The maximum atomic E-state index is 13.5. The minimum atomic E-state index is -4.19. The fraction of sp³-hybridized carbons (Fsp3) is 0.571. The largest absolute Gasteiger partial charge is 0.389 e. The molecule has 0 spiro atoms. The van der Waals surface area contributed by atoms with Gasteiger partial charge >= 0.3 is 6.18 Å². The van der Waals surface area contributed by atoms with Gasteiger partial charge < -0.3 is 5.32 Å². The van der Waals surface area contributed by atoms with Gasteiger partial charge in [-0.25, -0.2) is 8.78 Å². The Balaban J connectivity index is 2.63. The molecule has 0 radical (unpaired) electrons. The molecule has 1 rings (SSSR count). The molecule has 0 amide bonds. The summed E-state index contributed by atoms with van der Waals surface area (Å²) < 4.78 is 63.3. The smallest absolute Gasteiger partial charge is 0.314 e. The van der Waals surface area contributed by atoms with Gasteiger partial charge in [-0.3, -0.25) is 0 Å². The highest BCUT2D eigenvalue weighted by molar-refractivity contribution is 5.20. The Labute approximate surface area is 115 Å². The van der Waals surface area contributed by atoms with Crippen molar-refractivity contribution in [1.29, 1.82) is 0 Å². The summed E-state index contributed by atoms with van der Waals surface area (Å²) in [7, 11) is 0. The van der Waals surface area contributed by atoms with Crippen molar-refractivity contribution in [2.45, 2.75) is 44.8 Å². The van der Waals surface area contributed by atoms with Gasteiger partial charge in [0.2, 0.25) is 0 Å². The molecule has 0 aliphatic heterocycles. The van der Waals surface area contributed by atoms with Crippen LogP contribution in [0.1, 0.15) is 31.7 Å². The number of nitrogens with one attached hydrogen (secondary N) is 1. The molecule has 0 saturated heterocycles. The van der Waals surface area contributed by atoms with Crippen LogP contribution in [0.4, 0.5) is 22.0 Å². The van der Waals surface area contributed by atoms with E-state index in [0.717, 1.165) is 12.1 Å². The van der Waals surface area contributed by atoms with E-state index >= 15 is 0 Å². The van der Waals surface area contributed by atoms with Crippen LogP contribution in [-0.2, 0) is 6.42 Å². The van der Waals surface area contributed by atoms with E-state index in [4.69, 9.17) is 0 Å². The zero-order valence-corrected chi connectivity index (χ0v) is 11.2. The number of benzene rings is 1. The van der Waals surface area contributed by atoms with Crippen molar-refractivity contribution in [1.82, 2.24) is 5.32 Å². The van der Waals surface area contributed by atoms with Crippen LogP contribution in [-0.4, -0.2) is 18.8 Å². The number of halogens is 5. The summed E-state index contributed by atoms with van der Waals surface area (Å²) in [6.07, 6.45) is -4.86. The van der Waals surface area contributed by atoms with Crippen LogP contribution in [0.2, 0.25) is 0 Å². The van der Waals surface area contributed by atoms with Crippen LogP contribution in [0.25, 0.3) is 0 Å². The molecule has 20 heavy (non-hydrogen) atoms. The van der Waals surface area contributed by atoms with E-state index in [1.54, 1.807) is 6.92 Å². The summed E-state index contributed by atoms with van der Waals surface area (Å²) in [5.41, 5.74) is -0.0783. The molecule has 1 N–H and O–H groups in total. The predicted octanol–water partition coefficient (Wildman–Crippen LogP) is 4.22. The second kappa shape index (κ2) is 7.57. The lowest BCUT2D eigenvalue weighted by Crippen LogP contribution is -2.32. The minimum absolute atomic E-state index is 0.0458. The Morgan fingerprint density at radius 2 is 1.75 bits per heavy atom. The number of likely N-dealkylation sites (N-methyl/N-ethyl adjacent to an activating group) is 1. The maximum absolute atomic E-state index is 13.5. The quantitative estimate of drug-likeness (QED) is 0.743. The van der Waals surface area contributed by atoms with Crippen molar-refractivity contribution < 1.29 is 22.0 Å². The first-order valence-electron chi connectivity index (χ1n) is 6.56. The Bertz CT molecular complexity index is 396. The maximum Gasteiger partial charge on any atom is 0.389 e. The van der Waals surface area contributed by atoms with Gasteiger partial charge in [0.15, 0.2) is 0 Å². The van der Waals surface area contributed by atoms with Crippen LogP contribution in [0.5, 0.6) is 0 Å². The van der Waals surface area contributed by atoms with E-state index < -0.39 is 24.2 Å². The minimum Gasteiger partial charge on any atom is -0.314 e. The van der Waals surface area contributed by atoms with Crippen LogP contribution in [0.3, 0.4) is 0 Å². The van der Waals surface area contributed by atoms with Crippen molar-refractivity contribution in [3.63, 3.8) is 0 Å². The molecule has 114 valence electrons. The van der Waals surface area contributed by atoms with Crippen LogP contribution in [0.15, 0.2) is 18.2 Å². The highest BCUT2D eigenvalue weighted by Crippen LogP contribution is 2.23. The lowest BCUT2D eigenvalue weighted by Gasteiger charge is -2.19. The van der Waals surface area contributed by atoms with E-state index in [-0.39, 0.29) is 30.9 Å². The zero-order chi connectivity index (χ0) is 15.2. The summed E-state index contributed by atoms with van der Waals surface area (Å²) >= 11 is 0. The van der Waals surface area contributed by atoms with Crippen molar-refractivity contribution >= 4 is 0 Å². The van der Waals surface area contributed by atoms with Gasteiger partial charge in [-0.2, -0.15) is 13.2 Å². The second-order valence-electron chi connectivity index (χ2n) is 4.67. The zero-order valence-electron chi connectivity index (χ0n) is 11.2. The van der Waals surface area contributed by atoms with E-state index in [1.807, 2.05) is 0 Å². The molecule has 0 saturated carbocycles. The SMILES string of the molecule is CCNC(CCCC(F)(F)F)Cc1c(F)cccc1F. The Morgan fingerprint density at radius 1 is 1.15 bits per heavy atom. The lowest BCUT2D eigenvalue weighted by atomic mass is 10.00. The van der Waals surface area contributed by atoms with E-state index in [0.29, 0.717) is 6.54 Å². The van der Waals surface area contributed by atoms with Crippen LogP contribution >= 0.6 is 0 Å². The molecule has 6 heteroatoms. The average molecular weight is 295 g/mol. The van der Waals surface area contributed by atoms with Crippen molar-refractivity contribution in [2.24, 2.45) is 0 Å². The van der Waals surface area contributed by atoms with Crippen molar-refractivity contribution in [3.8, 4) is 0 Å². The molecule has 0 aliphatic rings. The van der Waals surface area contributed by atoms with Gasteiger partial charge in [0.1, 0.15) is 11.6 Å². The molecule has 1 nitrogen and oxygen atoms in total. The van der Waals surface area contributed by atoms with Crippen LogP contribution in [0, 0.1) is 11.6 Å². The topological polar surface area (TPSA) is 12.0 Å². The van der Waals surface area contributed by atoms with Crippen molar-refractivity contribution in [3.05, 3.63) is 35.4 Å². The third-order valence-corrected chi connectivity index (χ3v) is 3.02. The van der Waals surface area contributed by atoms with Gasteiger partial charge in [-0.15, -0.1) is 0 Å². The normalized spacial score (nSPS) is 13.5. The van der Waals surface area contributed by atoms with Gasteiger partial charge in [0, 0.05) is 18.0 Å². The molecule has 1 aromatic rings. The highest BCUT2D eigenvalue weighted by atomic mass is 19.4. The third-order valence-electron chi connectivity index (χ3n) is 3.02. The molecule has 1 atom stereocenters. The monoisotopic (exact) mass is 295 g/mol. The fourth-order valence-electron chi connectivity index (χ4n) is 2.09. The van der Waals surface area contributed by atoms with Gasteiger partial charge in [-0.1, -0.05) is 13.0 Å². The first kappa shape index (κ1) is 16.9. The first-order valence-corrected chi connectivity index (χ1v) is 6.56. The molecule has 0 aliphatic carbocycles.